The van der Waals surface area contributed by atoms with Crippen LogP contribution in [0.2, 0.25) is 0 Å². The third-order valence-corrected chi connectivity index (χ3v) is 7.16. The number of anilines is 1. The van der Waals surface area contributed by atoms with Crippen LogP contribution in [0.25, 0.3) is 33.7 Å². The molecule has 1 aromatic carbocycles. The molecule has 6 rings (SSSR count). The minimum atomic E-state index is -0.0861. The fraction of sp³-hybridized carbons (Fsp3) is 0.321. The van der Waals surface area contributed by atoms with Crippen molar-refractivity contribution in [3.8, 4) is 22.6 Å². The second-order valence-electron chi connectivity index (χ2n) is 9.96. The highest BCUT2D eigenvalue weighted by Gasteiger charge is 2.35. The Morgan fingerprint density at radius 2 is 1.92 bits per heavy atom. The van der Waals surface area contributed by atoms with Crippen molar-refractivity contribution in [2.24, 2.45) is 19.1 Å². The molecule has 3 aromatic heterocycles. The monoisotopic (exact) mass is 494 g/mol. The first-order valence-electron chi connectivity index (χ1n) is 12.5. The summed E-state index contributed by atoms with van der Waals surface area (Å²) in [6.07, 6.45) is 8.21. The lowest BCUT2D eigenvalue weighted by atomic mass is 10.0. The van der Waals surface area contributed by atoms with Crippen molar-refractivity contribution in [1.29, 1.82) is 5.41 Å². The number of pyridine rings is 1. The number of methoxy groups -OCH3 is 1. The lowest BCUT2D eigenvalue weighted by Crippen LogP contribution is -2.03. The number of hydrogen-bond donors (Lipinski definition) is 2. The molecule has 0 unspecified atom stereocenters. The molecule has 0 spiro atoms. The van der Waals surface area contributed by atoms with E-state index < -0.39 is 0 Å². The molecule has 2 fully saturated rings. The maximum absolute atomic E-state index is 7.83. The van der Waals surface area contributed by atoms with Gasteiger partial charge < -0.3 is 15.0 Å². The standard InChI is InChI=1S/C28H30N8O/c1-15(26(30)37-4)31-13-21-19(6-5-7-22(21)29)24-25(17-10-11-17)36(3)28(33-24)20-12-18-14-35(2)34-27(18)32-23(20)16-8-9-16/h5-7,12-14,16-17,30H,1,8-11,29H2,2-4H3. The van der Waals surface area contributed by atoms with Gasteiger partial charge in [0.25, 0.3) is 0 Å². The van der Waals surface area contributed by atoms with Crippen molar-refractivity contribution < 1.29 is 4.74 Å². The number of nitrogens with zero attached hydrogens (tertiary/aromatic N) is 6. The van der Waals surface area contributed by atoms with Crippen LogP contribution in [-0.2, 0) is 18.8 Å². The van der Waals surface area contributed by atoms with E-state index in [1.807, 2.05) is 36.1 Å². The molecule has 37 heavy (non-hydrogen) atoms. The molecule has 0 atom stereocenters. The van der Waals surface area contributed by atoms with Crippen LogP contribution in [-0.4, -0.2) is 43.5 Å². The van der Waals surface area contributed by atoms with Crippen molar-refractivity contribution in [3.63, 3.8) is 0 Å². The Morgan fingerprint density at radius 1 is 1.16 bits per heavy atom. The molecule has 2 saturated carbocycles. The summed E-state index contributed by atoms with van der Waals surface area (Å²) < 4.78 is 9.00. The van der Waals surface area contributed by atoms with Gasteiger partial charge in [0, 0.05) is 71.8 Å². The van der Waals surface area contributed by atoms with E-state index in [0.29, 0.717) is 17.5 Å². The number of aliphatic imine (C=N–C) groups is 1. The Kier molecular flexibility index (Phi) is 5.43. The van der Waals surface area contributed by atoms with Gasteiger partial charge in [0.1, 0.15) is 11.5 Å². The number of fused-ring (bicyclic) bond motifs is 1. The van der Waals surface area contributed by atoms with Gasteiger partial charge in [-0.25, -0.2) is 9.97 Å². The van der Waals surface area contributed by atoms with Gasteiger partial charge in [0.05, 0.1) is 18.5 Å². The number of nitrogens with one attached hydrogen (secondary N) is 1. The molecule has 9 nitrogen and oxygen atoms in total. The topological polar surface area (TPSA) is 120 Å². The molecule has 0 bridgehead atoms. The quantitative estimate of drug-likeness (QED) is 0.214. The minimum absolute atomic E-state index is 0.0861. The number of nitrogen functional groups attached to an aromatic ring is 1. The smallest absolute Gasteiger partial charge is 0.231 e. The SMILES string of the molecule is C=C(N=Cc1c(N)cccc1-c1nc(-c2cc3cn(C)nc3nc2C2CC2)n(C)c1C1CC1)C(=N)OC. The molecule has 188 valence electrons. The lowest BCUT2D eigenvalue weighted by Gasteiger charge is -2.11. The van der Waals surface area contributed by atoms with E-state index in [4.69, 9.17) is 25.8 Å². The summed E-state index contributed by atoms with van der Waals surface area (Å²) in [4.78, 5) is 14.6. The summed E-state index contributed by atoms with van der Waals surface area (Å²) in [7, 11) is 5.45. The second-order valence-corrected chi connectivity index (χ2v) is 9.96. The van der Waals surface area contributed by atoms with Gasteiger partial charge in [-0.3, -0.25) is 15.1 Å². The molecule has 2 aliphatic rings. The third kappa shape index (κ3) is 4.10. The van der Waals surface area contributed by atoms with Gasteiger partial charge in [-0.05, 0) is 37.8 Å². The van der Waals surface area contributed by atoms with Crippen LogP contribution in [0.15, 0.2) is 47.7 Å². The van der Waals surface area contributed by atoms with Crippen LogP contribution < -0.4 is 5.73 Å². The zero-order valence-electron chi connectivity index (χ0n) is 21.3. The number of nitrogens with two attached hydrogens (primary N) is 1. The number of rotatable bonds is 7. The molecule has 9 heteroatoms. The molecule has 2 aliphatic carbocycles. The largest absolute Gasteiger partial charge is 0.480 e. The number of aromatic nitrogens is 5. The molecular formula is C28H30N8O. The van der Waals surface area contributed by atoms with Gasteiger partial charge in [0.15, 0.2) is 5.65 Å². The predicted molar refractivity (Wildman–Crippen MR) is 146 cm³/mol. The van der Waals surface area contributed by atoms with Crippen LogP contribution in [0.5, 0.6) is 0 Å². The Balaban J connectivity index is 1.53. The summed E-state index contributed by atoms with van der Waals surface area (Å²) in [5.74, 6) is 1.72. The highest BCUT2D eigenvalue weighted by Crippen LogP contribution is 2.48. The minimum Gasteiger partial charge on any atom is -0.480 e. The van der Waals surface area contributed by atoms with Gasteiger partial charge in [0.2, 0.25) is 5.90 Å². The predicted octanol–water partition coefficient (Wildman–Crippen LogP) is 4.93. The highest BCUT2D eigenvalue weighted by atomic mass is 16.5. The van der Waals surface area contributed by atoms with Gasteiger partial charge >= 0.3 is 0 Å². The molecule has 0 saturated heterocycles. The van der Waals surface area contributed by atoms with E-state index in [-0.39, 0.29) is 11.6 Å². The van der Waals surface area contributed by atoms with E-state index in [2.05, 4.69) is 34.4 Å². The first-order valence-corrected chi connectivity index (χ1v) is 12.5. The Morgan fingerprint density at radius 3 is 2.62 bits per heavy atom. The molecular weight excluding hydrogens is 464 g/mol. The number of benzene rings is 1. The molecule has 4 aromatic rings. The van der Waals surface area contributed by atoms with Crippen molar-refractivity contribution in [2.45, 2.75) is 37.5 Å². The van der Waals surface area contributed by atoms with Crippen molar-refractivity contribution in [1.82, 2.24) is 24.3 Å². The van der Waals surface area contributed by atoms with E-state index >= 15 is 0 Å². The summed E-state index contributed by atoms with van der Waals surface area (Å²) in [5.41, 5.74) is 13.9. The number of ether oxygens (including phenoxy) is 1. The molecule has 0 amide bonds. The van der Waals surface area contributed by atoms with Crippen molar-refractivity contribution in [3.05, 3.63) is 59.7 Å². The number of aryl methyl sites for hydroxylation is 1. The average molecular weight is 495 g/mol. The van der Waals surface area contributed by atoms with Gasteiger partial charge in [-0.2, -0.15) is 5.10 Å². The second kappa shape index (κ2) is 8.69. The van der Waals surface area contributed by atoms with E-state index in [1.165, 1.54) is 12.8 Å². The summed E-state index contributed by atoms with van der Waals surface area (Å²) in [6.45, 7) is 3.82. The van der Waals surface area contributed by atoms with Crippen molar-refractivity contribution in [2.75, 3.05) is 12.8 Å². The average Bonchev–Trinajstić information content (AvgIpc) is 3.82. The third-order valence-electron chi connectivity index (χ3n) is 7.16. The van der Waals surface area contributed by atoms with Gasteiger partial charge in [-0.1, -0.05) is 18.7 Å². The normalized spacial score (nSPS) is 15.5. The molecule has 3 heterocycles. The zero-order chi connectivity index (χ0) is 25.8. The van der Waals surface area contributed by atoms with Crippen molar-refractivity contribution >= 4 is 28.8 Å². The van der Waals surface area contributed by atoms with Crippen LogP contribution in [0, 0.1) is 5.41 Å². The van der Waals surface area contributed by atoms with Crippen LogP contribution in [0.1, 0.15) is 54.5 Å². The zero-order valence-corrected chi connectivity index (χ0v) is 21.3. The Hall–Kier alpha value is -4.27. The number of imidazole rings is 1. The van der Waals surface area contributed by atoms with E-state index in [0.717, 1.165) is 70.6 Å². The molecule has 3 N–H and O–H groups in total. The van der Waals surface area contributed by atoms with E-state index in [9.17, 15) is 0 Å². The first kappa shape index (κ1) is 23.1. The van der Waals surface area contributed by atoms with Crippen LogP contribution >= 0.6 is 0 Å². The lowest BCUT2D eigenvalue weighted by molar-refractivity contribution is 0.399. The van der Waals surface area contributed by atoms with Crippen LogP contribution in [0.4, 0.5) is 5.69 Å². The molecule has 0 aliphatic heterocycles. The highest BCUT2D eigenvalue weighted by molar-refractivity contribution is 5.99. The summed E-state index contributed by atoms with van der Waals surface area (Å²) in [5, 5.41) is 13.4. The maximum Gasteiger partial charge on any atom is 0.231 e. The Labute approximate surface area is 215 Å². The maximum atomic E-state index is 7.83. The van der Waals surface area contributed by atoms with Gasteiger partial charge in [-0.15, -0.1) is 0 Å². The fourth-order valence-electron chi connectivity index (χ4n) is 4.96. The summed E-state index contributed by atoms with van der Waals surface area (Å²) >= 11 is 0. The molecule has 0 radical (unpaired) electrons. The number of hydrogen-bond acceptors (Lipinski definition) is 7. The van der Waals surface area contributed by atoms with E-state index in [1.54, 1.807) is 6.21 Å². The van der Waals surface area contributed by atoms with Crippen LogP contribution in [0.3, 0.4) is 0 Å². The first-order chi connectivity index (χ1) is 17.9. The Bertz CT molecular complexity index is 1600. The summed E-state index contributed by atoms with van der Waals surface area (Å²) in [6, 6.07) is 8.01. The fourth-order valence-corrected chi connectivity index (χ4v) is 4.96.